The highest BCUT2D eigenvalue weighted by atomic mass is 16.5. The van der Waals surface area contributed by atoms with Crippen LogP contribution in [0.4, 0.5) is 0 Å². The minimum atomic E-state index is 0.853. The van der Waals surface area contributed by atoms with Gasteiger partial charge in [0, 0.05) is 21.7 Å². The molecular formula is C20H14N2O. The highest BCUT2D eigenvalue weighted by Crippen LogP contribution is 2.35. The Morgan fingerprint density at radius 1 is 0.870 bits per heavy atom. The van der Waals surface area contributed by atoms with Crippen molar-refractivity contribution in [2.45, 2.75) is 6.92 Å². The number of nitrogens with zero attached hydrogens (tertiary/aromatic N) is 1. The average Bonchev–Trinajstić information content (AvgIpc) is 3.15. The topological polar surface area (TPSA) is 41.8 Å². The van der Waals surface area contributed by atoms with E-state index in [9.17, 15) is 0 Å². The van der Waals surface area contributed by atoms with Gasteiger partial charge in [-0.3, -0.25) is 0 Å². The standard InChI is InChI=1S/C20H14N2O/c1-12-7-8-14-15-9-10-16-19(18(15)21-17(14)11-12)22-23-20(16)13-5-3-2-4-6-13/h2-11,22H,1H3. The van der Waals surface area contributed by atoms with Crippen molar-refractivity contribution >= 4 is 32.7 Å². The van der Waals surface area contributed by atoms with Crippen LogP contribution in [0.5, 0.6) is 0 Å². The van der Waals surface area contributed by atoms with Gasteiger partial charge in [-0.2, -0.15) is 0 Å². The van der Waals surface area contributed by atoms with Gasteiger partial charge in [0.05, 0.1) is 11.0 Å². The van der Waals surface area contributed by atoms with Crippen LogP contribution in [0.25, 0.3) is 44.0 Å². The zero-order valence-corrected chi connectivity index (χ0v) is 12.6. The van der Waals surface area contributed by atoms with Crippen LogP contribution in [0.3, 0.4) is 0 Å². The van der Waals surface area contributed by atoms with Crippen molar-refractivity contribution in [1.29, 1.82) is 0 Å². The van der Waals surface area contributed by atoms with Crippen LogP contribution < -0.4 is 0 Å². The molecule has 0 atom stereocenters. The third kappa shape index (κ3) is 1.73. The maximum atomic E-state index is 5.76. The van der Waals surface area contributed by atoms with Crippen LogP contribution in [0.1, 0.15) is 5.56 Å². The third-order valence-corrected chi connectivity index (χ3v) is 4.39. The Hall–Kier alpha value is -3.07. The Bertz CT molecular complexity index is 1170. The van der Waals surface area contributed by atoms with E-state index in [2.05, 4.69) is 54.5 Å². The van der Waals surface area contributed by atoms with Crippen LogP contribution >= 0.6 is 0 Å². The molecule has 3 aromatic carbocycles. The largest absolute Gasteiger partial charge is 0.381 e. The second-order valence-electron chi connectivity index (χ2n) is 5.92. The number of nitrogens with one attached hydrogen (secondary N) is 1. The number of aromatic amines is 1. The van der Waals surface area contributed by atoms with E-state index in [-0.39, 0.29) is 0 Å². The molecule has 2 aromatic heterocycles. The van der Waals surface area contributed by atoms with Gasteiger partial charge in [-0.05, 0) is 24.6 Å². The molecule has 2 heterocycles. The van der Waals surface area contributed by atoms with E-state index in [1.165, 1.54) is 10.9 Å². The summed E-state index contributed by atoms with van der Waals surface area (Å²) in [5, 5.41) is 6.47. The van der Waals surface area contributed by atoms with E-state index in [0.29, 0.717) is 0 Å². The van der Waals surface area contributed by atoms with Gasteiger partial charge in [0.1, 0.15) is 5.52 Å². The van der Waals surface area contributed by atoms with Gasteiger partial charge in [0.2, 0.25) is 0 Å². The van der Waals surface area contributed by atoms with E-state index in [1.807, 2.05) is 18.2 Å². The lowest BCUT2D eigenvalue weighted by molar-refractivity contribution is 0.441. The summed E-state index contributed by atoms with van der Waals surface area (Å²) in [5.74, 6) is 0.853. The van der Waals surface area contributed by atoms with Crippen LogP contribution in [0.15, 0.2) is 65.2 Å². The lowest BCUT2D eigenvalue weighted by atomic mass is 10.1. The van der Waals surface area contributed by atoms with Gasteiger partial charge in [0.25, 0.3) is 0 Å². The second-order valence-corrected chi connectivity index (χ2v) is 5.92. The second kappa shape index (κ2) is 4.46. The maximum absolute atomic E-state index is 5.76. The van der Waals surface area contributed by atoms with Crippen molar-refractivity contribution in [3.63, 3.8) is 0 Å². The number of fused-ring (bicyclic) bond motifs is 5. The predicted octanol–water partition coefficient (Wildman–Crippen LogP) is 5.44. The SMILES string of the molecule is Cc1ccc2c(c1)nc1c2ccc2c(-c3ccccc3)o[nH]c21. The molecule has 0 aliphatic carbocycles. The molecule has 0 fully saturated rings. The summed E-state index contributed by atoms with van der Waals surface area (Å²) in [6.45, 7) is 2.09. The lowest BCUT2D eigenvalue weighted by Crippen LogP contribution is -1.75. The Morgan fingerprint density at radius 2 is 1.65 bits per heavy atom. The molecule has 0 saturated carbocycles. The maximum Gasteiger partial charge on any atom is 0.171 e. The molecular weight excluding hydrogens is 284 g/mol. The molecule has 0 spiro atoms. The average molecular weight is 298 g/mol. The first-order valence-corrected chi connectivity index (χ1v) is 7.66. The first-order chi connectivity index (χ1) is 11.3. The van der Waals surface area contributed by atoms with Crippen molar-refractivity contribution in [3.05, 3.63) is 66.2 Å². The Balaban J connectivity index is 1.87. The molecule has 1 N–H and O–H groups in total. The summed E-state index contributed by atoms with van der Waals surface area (Å²) in [5.41, 5.74) is 5.23. The van der Waals surface area contributed by atoms with Crippen molar-refractivity contribution in [2.75, 3.05) is 0 Å². The summed E-state index contributed by atoms with van der Waals surface area (Å²) < 4.78 is 5.76. The quantitative estimate of drug-likeness (QED) is 0.448. The highest BCUT2D eigenvalue weighted by Gasteiger charge is 2.15. The summed E-state index contributed by atoms with van der Waals surface area (Å²) in [6, 6.07) is 20.8. The molecule has 3 nitrogen and oxygen atoms in total. The molecule has 23 heavy (non-hydrogen) atoms. The number of H-pyrrole nitrogens is 1. The number of hydrogen-bond acceptors (Lipinski definition) is 2. The molecule has 110 valence electrons. The fraction of sp³-hybridized carbons (Fsp3) is 0.0500. The van der Waals surface area contributed by atoms with Crippen LogP contribution in [0, 0.1) is 6.92 Å². The third-order valence-electron chi connectivity index (χ3n) is 4.39. The smallest absolute Gasteiger partial charge is 0.171 e. The minimum absolute atomic E-state index is 0.853. The van der Waals surface area contributed by atoms with Crippen molar-refractivity contribution in [3.8, 4) is 11.3 Å². The number of hydrogen-bond donors (Lipinski definition) is 1. The number of aromatic nitrogens is 2. The Morgan fingerprint density at radius 3 is 2.52 bits per heavy atom. The number of rotatable bonds is 1. The molecule has 0 aliphatic rings. The number of benzene rings is 3. The summed E-state index contributed by atoms with van der Waals surface area (Å²) in [7, 11) is 0. The molecule has 0 bridgehead atoms. The molecule has 3 heteroatoms. The zero-order chi connectivity index (χ0) is 15.4. The van der Waals surface area contributed by atoms with E-state index in [1.54, 1.807) is 0 Å². The molecule has 0 aliphatic heterocycles. The molecule has 0 amide bonds. The molecule has 0 saturated heterocycles. The minimum Gasteiger partial charge on any atom is -0.381 e. The summed E-state index contributed by atoms with van der Waals surface area (Å²) in [4.78, 5) is 4.82. The first kappa shape index (κ1) is 12.5. The monoisotopic (exact) mass is 298 g/mol. The molecule has 0 unspecified atom stereocenters. The first-order valence-electron chi connectivity index (χ1n) is 7.66. The molecule has 5 rings (SSSR count). The zero-order valence-electron chi connectivity index (χ0n) is 12.6. The van der Waals surface area contributed by atoms with E-state index in [0.717, 1.165) is 38.6 Å². The van der Waals surface area contributed by atoms with Crippen molar-refractivity contribution < 1.29 is 4.52 Å². The molecule has 0 radical (unpaired) electrons. The van der Waals surface area contributed by atoms with Crippen molar-refractivity contribution in [1.82, 2.24) is 10.1 Å². The normalized spacial score (nSPS) is 11.7. The van der Waals surface area contributed by atoms with Gasteiger partial charge in [-0.25, -0.2) is 10.1 Å². The van der Waals surface area contributed by atoms with E-state index < -0.39 is 0 Å². The van der Waals surface area contributed by atoms with E-state index in [4.69, 9.17) is 9.51 Å². The van der Waals surface area contributed by atoms with Crippen molar-refractivity contribution in [2.24, 2.45) is 0 Å². The fourth-order valence-corrected chi connectivity index (χ4v) is 3.26. The predicted molar refractivity (Wildman–Crippen MR) is 93.5 cm³/mol. The van der Waals surface area contributed by atoms with Crippen LogP contribution in [0.2, 0.25) is 0 Å². The van der Waals surface area contributed by atoms with Gasteiger partial charge in [-0.1, -0.05) is 48.5 Å². The lowest BCUT2D eigenvalue weighted by Gasteiger charge is -1.96. The fourth-order valence-electron chi connectivity index (χ4n) is 3.26. The Kier molecular flexibility index (Phi) is 2.42. The number of aryl methyl sites for hydroxylation is 1. The van der Waals surface area contributed by atoms with Gasteiger partial charge >= 0.3 is 0 Å². The van der Waals surface area contributed by atoms with Gasteiger partial charge in [0.15, 0.2) is 5.76 Å². The van der Waals surface area contributed by atoms with E-state index >= 15 is 0 Å². The van der Waals surface area contributed by atoms with Crippen LogP contribution in [-0.2, 0) is 0 Å². The summed E-state index contributed by atoms with van der Waals surface area (Å²) >= 11 is 0. The Labute approximate surface area is 132 Å². The van der Waals surface area contributed by atoms with Gasteiger partial charge in [-0.15, -0.1) is 0 Å². The highest BCUT2D eigenvalue weighted by molar-refractivity contribution is 6.17. The summed E-state index contributed by atoms with van der Waals surface area (Å²) in [6.07, 6.45) is 0. The van der Waals surface area contributed by atoms with Crippen LogP contribution in [-0.4, -0.2) is 10.1 Å². The van der Waals surface area contributed by atoms with Gasteiger partial charge < -0.3 is 4.52 Å². The molecule has 5 aromatic rings.